The van der Waals surface area contributed by atoms with Gasteiger partial charge >= 0.3 is 0 Å². The van der Waals surface area contributed by atoms with E-state index in [9.17, 15) is 5.11 Å². The summed E-state index contributed by atoms with van der Waals surface area (Å²) in [6.07, 6.45) is 8.72. The van der Waals surface area contributed by atoms with Gasteiger partial charge in [-0.1, -0.05) is 26.7 Å². The number of hydrogen-bond donors (Lipinski definition) is 1. The van der Waals surface area contributed by atoms with Crippen molar-refractivity contribution in [1.82, 2.24) is 4.90 Å². The van der Waals surface area contributed by atoms with Gasteiger partial charge in [-0.15, -0.1) is 0 Å². The maximum atomic E-state index is 10.1. The van der Waals surface area contributed by atoms with Gasteiger partial charge in [-0.2, -0.15) is 0 Å². The molecule has 94 valence electrons. The number of hydrogen-bond acceptors (Lipinski definition) is 2. The fourth-order valence-electron chi connectivity index (χ4n) is 2.91. The Morgan fingerprint density at radius 2 is 1.81 bits per heavy atom. The largest absolute Gasteiger partial charge is 0.391 e. The Kier molecular flexibility index (Phi) is 4.26. The molecule has 2 aliphatic rings. The van der Waals surface area contributed by atoms with Crippen LogP contribution in [0.4, 0.5) is 0 Å². The molecule has 0 bridgehead atoms. The number of rotatable bonds is 5. The third-order valence-corrected chi connectivity index (χ3v) is 4.10. The molecule has 0 aliphatic heterocycles. The van der Waals surface area contributed by atoms with E-state index in [1.165, 1.54) is 45.1 Å². The van der Waals surface area contributed by atoms with Crippen LogP contribution in [-0.2, 0) is 0 Å². The van der Waals surface area contributed by atoms with E-state index >= 15 is 0 Å². The summed E-state index contributed by atoms with van der Waals surface area (Å²) in [4.78, 5) is 2.63. The predicted molar refractivity (Wildman–Crippen MR) is 67.4 cm³/mol. The molecule has 0 radical (unpaired) electrons. The Labute approximate surface area is 100 Å². The van der Waals surface area contributed by atoms with E-state index in [-0.39, 0.29) is 6.10 Å². The molecule has 0 heterocycles. The Bertz CT molecular complexity index is 213. The predicted octanol–water partition coefficient (Wildman–Crippen LogP) is 2.80. The van der Waals surface area contributed by atoms with Crippen LogP contribution in [0, 0.1) is 5.92 Å². The minimum atomic E-state index is -0.0542. The molecule has 2 nitrogen and oxygen atoms in total. The Morgan fingerprint density at radius 3 is 2.38 bits per heavy atom. The van der Waals surface area contributed by atoms with E-state index in [1.54, 1.807) is 0 Å². The molecule has 0 saturated heterocycles. The standard InChI is InChI=1S/C14H27NO/c1-11(2)9-10-15(12-7-8-12)13-5-3-4-6-14(13)16/h11-14,16H,3-10H2,1-2H3. The third-order valence-electron chi connectivity index (χ3n) is 4.10. The SMILES string of the molecule is CC(C)CCN(C1CC1)C1CCCCC1O. The highest BCUT2D eigenvalue weighted by Crippen LogP contribution is 2.34. The summed E-state index contributed by atoms with van der Waals surface area (Å²) >= 11 is 0. The van der Waals surface area contributed by atoms with E-state index in [4.69, 9.17) is 0 Å². The maximum Gasteiger partial charge on any atom is 0.0695 e. The lowest BCUT2D eigenvalue weighted by Crippen LogP contribution is -2.47. The van der Waals surface area contributed by atoms with E-state index < -0.39 is 0 Å². The summed E-state index contributed by atoms with van der Waals surface area (Å²) in [7, 11) is 0. The van der Waals surface area contributed by atoms with Crippen LogP contribution in [0.25, 0.3) is 0 Å². The molecule has 2 atom stereocenters. The number of aliphatic hydroxyl groups is 1. The summed E-state index contributed by atoms with van der Waals surface area (Å²) in [5.41, 5.74) is 0. The summed E-state index contributed by atoms with van der Waals surface area (Å²) in [6.45, 7) is 5.79. The van der Waals surface area contributed by atoms with Gasteiger partial charge in [-0.05, 0) is 44.6 Å². The van der Waals surface area contributed by atoms with Crippen LogP contribution in [0.3, 0.4) is 0 Å². The van der Waals surface area contributed by atoms with Crippen LogP contribution in [0.2, 0.25) is 0 Å². The van der Waals surface area contributed by atoms with E-state index in [1.807, 2.05) is 0 Å². The van der Waals surface area contributed by atoms with Gasteiger partial charge in [-0.3, -0.25) is 4.90 Å². The molecule has 0 amide bonds. The summed E-state index contributed by atoms with van der Waals surface area (Å²) in [6, 6.07) is 1.27. The van der Waals surface area contributed by atoms with E-state index in [2.05, 4.69) is 18.7 Å². The van der Waals surface area contributed by atoms with Gasteiger partial charge in [-0.25, -0.2) is 0 Å². The average molecular weight is 225 g/mol. The summed E-state index contributed by atoms with van der Waals surface area (Å²) in [5.74, 6) is 0.780. The lowest BCUT2D eigenvalue weighted by Gasteiger charge is -2.38. The molecule has 2 heteroatoms. The number of nitrogens with zero attached hydrogens (tertiary/aromatic N) is 1. The smallest absolute Gasteiger partial charge is 0.0695 e. The van der Waals surface area contributed by atoms with Gasteiger partial charge in [0.1, 0.15) is 0 Å². The first-order valence-electron chi connectivity index (χ1n) is 7.12. The fraction of sp³-hybridized carbons (Fsp3) is 1.00. The second-order valence-electron chi connectivity index (χ2n) is 6.07. The van der Waals surface area contributed by atoms with Crippen molar-refractivity contribution >= 4 is 0 Å². The molecular weight excluding hydrogens is 198 g/mol. The van der Waals surface area contributed by atoms with Gasteiger partial charge in [0.15, 0.2) is 0 Å². The Balaban J connectivity index is 1.89. The zero-order valence-electron chi connectivity index (χ0n) is 10.9. The Morgan fingerprint density at radius 1 is 1.12 bits per heavy atom. The van der Waals surface area contributed by atoms with Crippen LogP contribution in [0.5, 0.6) is 0 Å². The second-order valence-corrected chi connectivity index (χ2v) is 6.07. The van der Waals surface area contributed by atoms with Crippen LogP contribution >= 0.6 is 0 Å². The van der Waals surface area contributed by atoms with Crippen molar-refractivity contribution in [1.29, 1.82) is 0 Å². The van der Waals surface area contributed by atoms with Gasteiger partial charge in [0.25, 0.3) is 0 Å². The second kappa shape index (κ2) is 5.50. The molecule has 16 heavy (non-hydrogen) atoms. The van der Waals surface area contributed by atoms with Crippen molar-refractivity contribution in [2.45, 2.75) is 77.0 Å². The Hall–Kier alpha value is -0.0800. The fourth-order valence-corrected chi connectivity index (χ4v) is 2.91. The minimum absolute atomic E-state index is 0.0542. The molecule has 0 spiro atoms. The summed E-state index contributed by atoms with van der Waals surface area (Å²) < 4.78 is 0. The topological polar surface area (TPSA) is 23.5 Å². The van der Waals surface area contributed by atoms with Gasteiger partial charge < -0.3 is 5.11 Å². The van der Waals surface area contributed by atoms with Crippen LogP contribution in [-0.4, -0.2) is 34.7 Å². The maximum absolute atomic E-state index is 10.1. The quantitative estimate of drug-likeness (QED) is 0.777. The molecule has 2 fully saturated rings. The first-order valence-corrected chi connectivity index (χ1v) is 7.12. The molecule has 2 rings (SSSR count). The summed E-state index contributed by atoms with van der Waals surface area (Å²) in [5, 5.41) is 10.1. The highest BCUT2D eigenvalue weighted by molar-refractivity contribution is 4.92. The monoisotopic (exact) mass is 225 g/mol. The van der Waals surface area contributed by atoms with Crippen molar-refractivity contribution in [2.75, 3.05) is 6.54 Å². The first-order chi connectivity index (χ1) is 7.68. The van der Waals surface area contributed by atoms with Crippen molar-refractivity contribution in [3.8, 4) is 0 Å². The van der Waals surface area contributed by atoms with Crippen LogP contribution in [0.15, 0.2) is 0 Å². The van der Waals surface area contributed by atoms with Gasteiger partial charge in [0.05, 0.1) is 6.10 Å². The molecule has 2 saturated carbocycles. The zero-order valence-corrected chi connectivity index (χ0v) is 10.9. The molecule has 1 N–H and O–H groups in total. The lowest BCUT2D eigenvalue weighted by atomic mass is 9.91. The average Bonchev–Trinajstić information content (AvgIpc) is 3.04. The van der Waals surface area contributed by atoms with Gasteiger partial charge in [0, 0.05) is 12.1 Å². The zero-order chi connectivity index (χ0) is 11.5. The molecule has 0 aromatic rings. The molecule has 0 aromatic carbocycles. The first kappa shape index (κ1) is 12.4. The van der Waals surface area contributed by atoms with E-state index in [0.717, 1.165) is 18.4 Å². The van der Waals surface area contributed by atoms with E-state index in [0.29, 0.717) is 6.04 Å². The minimum Gasteiger partial charge on any atom is -0.391 e. The van der Waals surface area contributed by atoms with Crippen LogP contribution in [0.1, 0.15) is 58.8 Å². The number of aliphatic hydroxyl groups excluding tert-OH is 1. The van der Waals surface area contributed by atoms with Crippen molar-refractivity contribution in [3.05, 3.63) is 0 Å². The molecule has 0 aromatic heterocycles. The van der Waals surface area contributed by atoms with Crippen molar-refractivity contribution in [3.63, 3.8) is 0 Å². The normalized spacial score (nSPS) is 31.3. The molecule has 2 unspecified atom stereocenters. The highest BCUT2D eigenvalue weighted by atomic mass is 16.3. The van der Waals surface area contributed by atoms with Crippen molar-refractivity contribution in [2.24, 2.45) is 5.92 Å². The molecule has 2 aliphatic carbocycles. The van der Waals surface area contributed by atoms with Crippen LogP contribution < -0.4 is 0 Å². The lowest BCUT2D eigenvalue weighted by molar-refractivity contribution is 0.0134. The third kappa shape index (κ3) is 3.21. The highest BCUT2D eigenvalue weighted by Gasteiger charge is 2.37. The van der Waals surface area contributed by atoms with Crippen molar-refractivity contribution < 1.29 is 5.11 Å². The molecular formula is C14H27NO. The van der Waals surface area contributed by atoms with Gasteiger partial charge in [0.2, 0.25) is 0 Å².